The van der Waals surface area contributed by atoms with E-state index in [9.17, 15) is 0 Å². The van der Waals surface area contributed by atoms with E-state index in [-0.39, 0.29) is 6.61 Å². The maximum absolute atomic E-state index is 8.98. The zero-order valence-corrected chi connectivity index (χ0v) is 10.3. The van der Waals surface area contributed by atoms with Crippen LogP contribution in [0.25, 0.3) is 0 Å². The van der Waals surface area contributed by atoms with Gasteiger partial charge < -0.3 is 10.8 Å². The lowest BCUT2D eigenvalue weighted by molar-refractivity contribution is 0.161. The van der Waals surface area contributed by atoms with Crippen molar-refractivity contribution in [3.8, 4) is 0 Å². The third-order valence-corrected chi connectivity index (χ3v) is 3.62. The van der Waals surface area contributed by atoms with Gasteiger partial charge in [0.05, 0.1) is 6.61 Å². The Kier molecular flexibility index (Phi) is 6.69. The van der Waals surface area contributed by atoms with Gasteiger partial charge in [0.15, 0.2) is 0 Å². The van der Waals surface area contributed by atoms with Crippen molar-refractivity contribution in [2.75, 3.05) is 32.8 Å². The highest BCUT2D eigenvalue weighted by Gasteiger charge is 2.21. The van der Waals surface area contributed by atoms with Crippen molar-refractivity contribution in [1.29, 1.82) is 0 Å². The van der Waals surface area contributed by atoms with Crippen molar-refractivity contribution in [1.82, 2.24) is 4.90 Å². The third kappa shape index (κ3) is 4.64. The Labute approximate surface area is 99.3 Å². The Bertz CT molecular complexity index is 188. The maximum Gasteiger partial charge on any atom is 0.0558 e. The van der Waals surface area contributed by atoms with E-state index in [1.807, 2.05) is 6.08 Å². The van der Waals surface area contributed by atoms with Crippen LogP contribution in [0.2, 0.25) is 0 Å². The number of aliphatic hydroxyl groups is 1. The minimum atomic E-state index is 0.242. The number of nitrogens with zero attached hydrogens (tertiary/aromatic N) is 1. The first-order chi connectivity index (χ1) is 7.80. The van der Waals surface area contributed by atoms with E-state index in [2.05, 4.69) is 11.5 Å². The van der Waals surface area contributed by atoms with E-state index in [1.165, 1.54) is 25.7 Å². The number of hydrogen-bond donors (Lipinski definition) is 2. The molecule has 0 aliphatic heterocycles. The van der Waals surface area contributed by atoms with E-state index < -0.39 is 0 Å². The van der Waals surface area contributed by atoms with Gasteiger partial charge >= 0.3 is 0 Å². The van der Waals surface area contributed by atoms with Crippen molar-refractivity contribution in [2.45, 2.75) is 25.7 Å². The van der Waals surface area contributed by atoms with Gasteiger partial charge in [-0.1, -0.05) is 6.08 Å². The van der Waals surface area contributed by atoms with E-state index in [4.69, 9.17) is 10.8 Å². The molecule has 1 aliphatic carbocycles. The van der Waals surface area contributed by atoms with E-state index in [0.29, 0.717) is 0 Å². The lowest BCUT2D eigenvalue weighted by Crippen LogP contribution is -2.34. The lowest BCUT2D eigenvalue weighted by atomic mass is 9.82. The van der Waals surface area contributed by atoms with E-state index in [0.717, 1.165) is 38.0 Å². The largest absolute Gasteiger partial charge is 0.395 e. The van der Waals surface area contributed by atoms with Gasteiger partial charge in [0, 0.05) is 19.6 Å². The molecule has 1 aliphatic rings. The van der Waals surface area contributed by atoms with Crippen molar-refractivity contribution < 1.29 is 5.11 Å². The highest BCUT2D eigenvalue weighted by Crippen LogP contribution is 2.28. The summed E-state index contributed by atoms with van der Waals surface area (Å²) in [7, 11) is 0. The quantitative estimate of drug-likeness (QED) is 0.642. The molecular weight excluding hydrogens is 200 g/mol. The molecule has 3 heteroatoms. The number of nitrogens with two attached hydrogens (primary N) is 1. The van der Waals surface area contributed by atoms with Crippen molar-refractivity contribution in [3.63, 3.8) is 0 Å². The number of rotatable bonds is 7. The first-order valence-corrected chi connectivity index (χ1v) is 6.44. The van der Waals surface area contributed by atoms with Crippen LogP contribution in [0, 0.1) is 11.8 Å². The summed E-state index contributed by atoms with van der Waals surface area (Å²) >= 11 is 0. The molecule has 3 nitrogen and oxygen atoms in total. The molecule has 0 amide bonds. The molecule has 1 fully saturated rings. The number of hydrogen-bond acceptors (Lipinski definition) is 3. The van der Waals surface area contributed by atoms with E-state index >= 15 is 0 Å². The Morgan fingerprint density at radius 3 is 2.38 bits per heavy atom. The van der Waals surface area contributed by atoms with Gasteiger partial charge in [-0.3, -0.25) is 4.90 Å². The second-order valence-corrected chi connectivity index (χ2v) is 4.89. The zero-order chi connectivity index (χ0) is 11.8. The molecule has 0 atom stereocenters. The summed E-state index contributed by atoms with van der Waals surface area (Å²) in [4.78, 5) is 2.29. The first kappa shape index (κ1) is 13.7. The molecule has 0 aromatic carbocycles. The van der Waals surface area contributed by atoms with Crippen LogP contribution < -0.4 is 5.73 Å². The zero-order valence-electron chi connectivity index (χ0n) is 10.3. The summed E-state index contributed by atoms with van der Waals surface area (Å²) in [6.45, 7) is 7.60. The molecule has 0 spiro atoms. The summed E-state index contributed by atoms with van der Waals surface area (Å²) in [5.74, 6) is 1.54. The average Bonchev–Trinajstić information content (AvgIpc) is 2.31. The molecule has 94 valence electrons. The molecule has 1 saturated carbocycles. The third-order valence-electron chi connectivity index (χ3n) is 3.62. The molecule has 3 N–H and O–H groups in total. The van der Waals surface area contributed by atoms with Gasteiger partial charge in [-0.2, -0.15) is 0 Å². The predicted octanol–water partition coefficient (Wildman–Crippen LogP) is 1.23. The molecule has 0 radical (unpaired) electrons. The Hall–Kier alpha value is -0.380. The highest BCUT2D eigenvalue weighted by molar-refractivity contribution is 4.79. The van der Waals surface area contributed by atoms with Crippen LogP contribution in [0.3, 0.4) is 0 Å². The van der Waals surface area contributed by atoms with Crippen molar-refractivity contribution in [3.05, 3.63) is 12.7 Å². The molecule has 0 bridgehead atoms. The molecule has 0 aromatic rings. The first-order valence-electron chi connectivity index (χ1n) is 6.44. The van der Waals surface area contributed by atoms with Crippen molar-refractivity contribution >= 4 is 0 Å². The van der Waals surface area contributed by atoms with E-state index in [1.54, 1.807) is 0 Å². The topological polar surface area (TPSA) is 49.5 Å². The van der Waals surface area contributed by atoms with Crippen LogP contribution in [0.1, 0.15) is 25.7 Å². The fraction of sp³-hybridized carbons (Fsp3) is 0.846. The fourth-order valence-corrected chi connectivity index (χ4v) is 2.60. The minimum absolute atomic E-state index is 0.242. The van der Waals surface area contributed by atoms with Gasteiger partial charge in [0.25, 0.3) is 0 Å². The van der Waals surface area contributed by atoms with Crippen LogP contribution in [0.15, 0.2) is 12.7 Å². The monoisotopic (exact) mass is 226 g/mol. The van der Waals surface area contributed by atoms with Crippen LogP contribution >= 0.6 is 0 Å². The number of aliphatic hydroxyl groups excluding tert-OH is 1. The average molecular weight is 226 g/mol. The summed E-state index contributed by atoms with van der Waals surface area (Å²) in [5, 5.41) is 8.98. The minimum Gasteiger partial charge on any atom is -0.395 e. The molecule has 16 heavy (non-hydrogen) atoms. The van der Waals surface area contributed by atoms with Gasteiger partial charge in [0.2, 0.25) is 0 Å². The van der Waals surface area contributed by atoms with Gasteiger partial charge in [-0.15, -0.1) is 6.58 Å². The molecule has 0 heterocycles. The molecule has 1 rings (SSSR count). The highest BCUT2D eigenvalue weighted by atomic mass is 16.3. The SMILES string of the molecule is C=CCN(CCO)CC1CCC(CN)CC1. The second kappa shape index (κ2) is 7.82. The Morgan fingerprint density at radius 2 is 1.88 bits per heavy atom. The Morgan fingerprint density at radius 1 is 1.25 bits per heavy atom. The van der Waals surface area contributed by atoms with Crippen LogP contribution in [0.5, 0.6) is 0 Å². The summed E-state index contributed by atoms with van der Waals surface area (Å²) < 4.78 is 0. The summed E-state index contributed by atoms with van der Waals surface area (Å²) in [6.07, 6.45) is 7.06. The van der Waals surface area contributed by atoms with Crippen LogP contribution in [0.4, 0.5) is 0 Å². The van der Waals surface area contributed by atoms with Crippen LogP contribution in [-0.4, -0.2) is 42.8 Å². The smallest absolute Gasteiger partial charge is 0.0558 e. The Balaban J connectivity index is 2.26. The van der Waals surface area contributed by atoms with Gasteiger partial charge in [0.1, 0.15) is 0 Å². The van der Waals surface area contributed by atoms with Crippen molar-refractivity contribution in [2.24, 2.45) is 17.6 Å². The molecular formula is C13H26N2O. The summed E-state index contributed by atoms with van der Waals surface area (Å²) in [6, 6.07) is 0. The maximum atomic E-state index is 8.98. The van der Waals surface area contributed by atoms with Gasteiger partial charge in [-0.25, -0.2) is 0 Å². The normalized spacial score (nSPS) is 25.9. The lowest BCUT2D eigenvalue weighted by Gasteiger charge is -2.31. The molecule has 0 saturated heterocycles. The predicted molar refractivity (Wildman–Crippen MR) is 68.2 cm³/mol. The fourth-order valence-electron chi connectivity index (χ4n) is 2.60. The summed E-state index contributed by atoms with van der Waals surface area (Å²) in [5.41, 5.74) is 5.69. The van der Waals surface area contributed by atoms with Crippen LogP contribution in [-0.2, 0) is 0 Å². The van der Waals surface area contributed by atoms with Gasteiger partial charge in [-0.05, 0) is 44.1 Å². The molecule has 0 unspecified atom stereocenters. The molecule has 0 aromatic heterocycles. The standard InChI is InChI=1S/C13H26N2O/c1-2-7-15(8-9-16)11-13-5-3-12(10-14)4-6-13/h2,12-13,16H,1,3-11,14H2. The second-order valence-electron chi connectivity index (χ2n) is 4.89.